The number of anilines is 1. The Balaban J connectivity index is 1.56. The zero-order valence-corrected chi connectivity index (χ0v) is 15.1. The number of amides is 3. The Hall–Kier alpha value is -2.24. The van der Waals surface area contributed by atoms with Gasteiger partial charge >= 0.3 is 6.03 Å². The monoisotopic (exact) mass is 345 g/mol. The summed E-state index contributed by atoms with van der Waals surface area (Å²) < 4.78 is 5.30. The molecule has 1 aromatic rings. The summed E-state index contributed by atoms with van der Waals surface area (Å²) in [6.07, 6.45) is 4.03. The summed E-state index contributed by atoms with van der Waals surface area (Å²) in [6, 6.07) is 5.51. The molecule has 136 valence electrons. The Morgan fingerprint density at radius 3 is 2.48 bits per heavy atom. The van der Waals surface area contributed by atoms with Gasteiger partial charge < -0.3 is 19.9 Å². The molecule has 0 aromatic heterocycles. The van der Waals surface area contributed by atoms with Crippen molar-refractivity contribution in [3.8, 4) is 5.75 Å². The van der Waals surface area contributed by atoms with Gasteiger partial charge in [0.25, 0.3) is 0 Å². The first-order valence-electron chi connectivity index (χ1n) is 9.08. The van der Waals surface area contributed by atoms with E-state index in [1.165, 1.54) is 6.42 Å². The summed E-state index contributed by atoms with van der Waals surface area (Å²) in [5.74, 6) is 1.25. The van der Waals surface area contributed by atoms with Gasteiger partial charge in [-0.1, -0.05) is 12.5 Å². The van der Waals surface area contributed by atoms with Crippen LogP contribution in [0.15, 0.2) is 18.2 Å². The van der Waals surface area contributed by atoms with Crippen molar-refractivity contribution in [2.45, 2.75) is 32.6 Å². The average Bonchev–Trinajstić information content (AvgIpc) is 2.81. The Kier molecular flexibility index (Phi) is 5.46. The van der Waals surface area contributed by atoms with Crippen LogP contribution in [0, 0.1) is 12.8 Å². The molecule has 0 radical (unpaired) electrons. The van der Waals surface area contributed by atoms with Gasteiger partial charge in [0.2, 0.25) is 5.91 Å². The van der Waals surface area contributed by atoms with E-state index >= 15 is 0 Å². The fraction of sp³-hybridized carbons (Fsp3) is 0.579. The van der Waals surface area contributed by atoms with Gasteiger partial charge in [0.1, 0.15) is 5.75 Å². The highest BCUT2D eigenvalue weighted by Gasteiger charge is 2.30. The second-order valence-electron chi connectivity index (χ2n) is 6.91. The lowest BCUT2D eigenvalue weighted by molar-refractivity contribution is -0.138. The molecule has 3 amide bonds. The van der Waals surface area contributed by atoms with Crippen molar-refractivity contribution < 1.29 is 14.3 Å². The van der Waals surface area contributed by atoms with E-state index in [0.29, 0.717) is 19.6 Å². The highest BCUT2D eigenvalue weighted by Crippen LogP contribution is 2.28. The van der Waals surface area contributed by atoms with Crippen LogP contribution in [0.3, 0.4) is 0 Å². The molecule has 1 aromatic carbocycles. The van der Waals surface area contributed by atoms with Crippen LogP contribution < -0.4 is 10.1 Å². The molecule has 2 aliphatic rings. The Bertz CT molecular complexity index is 643. The number of urea groups is 1. The predicted octanol–water partition coefficient (Wildman–Crippen LogP) is 2.87. The lowest BCUT2D eigenvalue weighted by Gasteiger charge is -2.31. The summed E-state index contributed by atoms with van der Waals surface area (Å²) in [6.45, 7) is 4.58. The molecule has 1 saturated heterocycles. The number of carbonyl (C=O) groups is 2. The van der Waals surface area contributed by atoms with Crippen molar-refractivity contribution in [1.29, 1.82) is 0 Å². The molecule has 1 aliphatic carbocycles. The van der Waals surface area contributed by atoms with Crippen molar-refractivity contribution in [2.24, 2.45) is 5.92 Å². The summed E-state index contributed by atoms with van der Waals surface area (Å²) in [4.78, 5) is 28.7. The third-order valence-electron chi connectivity index (χ3n) is 5.21. The standard InChI is InChI=1S/C19H27N3O3/c1-14-7-8-16(13-17(14)25-2)20-19(24)22-10-4-9-21(11-12-22)18(23)15-5-3-6-15/h7-8,13,15H,3-6,9-12H2,1-2H3,(H,20,24). The second kappa shape index (κ2) is 7.76. The van der Waals surface area contributed by atoms with Gasteiger partial charge in [-0.2, -0.15) is 0 Å². The fourth-order valence-corrected chi connectivity index (χ4v) is 3.35. The van der Waals surface area contributed by atoms with Gasteiger partial charge in [0.05, 0.1) is 7.11 Å². The number of methoxy groups -OCH3 is 1. The number of nitrogens with one attached hydrogen (secondary N) is 1. The summed E-state index contributed by atoms with van der Waals surface area (Å²) >= 11 is 0. The van der Waals surface area contributed by atoms with Crippen LogP contribution >= 0.6 is 0 Å². The van der Waals surface area contributed by atoms with Crippen molar-refractivity contribution in [1.82, 2.24) is 9.80 Å². The zero-order valence-electron chi connectivity index (χ0n) is 15.1. The fourth-order valence-electron chi connectivity index (χ4n) is 3.35. The highest BCUT2D eigenvalue weighted by molar-refractivity contribution is 5.89. The molecule has 1 saturated carbocycles. The predicted molar refractivity (Wildman–Crippen MR) is 96.9 cm³/mol. The molecule has 1 heterocycles. The van der Waals surface area contributed by atoms with E-state index in [9.17, 15) is 9.59 Å². The second-order valence-corrected chi connectivity index (χ2v) is 6.91. The maximum Gasteiger partial charge on any atom is 0.321 e. The zero-order chi connectivity index (χ0) is 17.8. The van der Waals surface area contributed by atoms with E-state index in [-0.39, 0.29) is 17.9 Å². The van der Waals surface area contributed by atoms with Crippen LogP contribution in [0.4, 0.5) is 10.5 Å². The van der Waals surface area contributed by atoms with Crippen LogP contribution in [0.25, 0.3) is 0 Å². The minimum atomic E-state index is -0.121. The van der Waals surface area contributed by atoms with Crippen molar-refractivity contribution >= 4 is 17.6 Å². The van der Waals surface area contributed by atoms with Gasteiger partial charge in [-0.25, -0.2) is 4.79 Å². The van der Waals surface area contributed by atoms with E-state index in [0.717, 1.165) is 42.8 Å². The highest BCUT2D eigenvalue weighted by atomic mass is 16.5. The Labute approximate surface area is 149 Å². The molecule has 0 unspecified atom stereocenters. The van der Waals surface area contributed by atoms with Crippen LogP contribution in [-0.2, 0) is 4.79 Å². The molecule has 0 bridgehead atoms. The molecule has 2 fully saturated rings. The lowest BCUT2D eigenvalue weighted by Crippen LogP contribution is -2.42. The van der Waals surface area contributed by atoms with E-state index in [1.807, 2.05) is 30.0 Å². The van der Waals surface area contributed by atoms with Crippen molar-refractivity contribution in [2.75, 3.05) is 38.6 Å². The van der Waals surface area contributed by atoms with Gasteiger partial charge in [-0.15, -0.1) is 0 Å². The first kappa shape index (κ1) is 17.6. The number of aryl methyl sites for hydroxylation is 1. The number of carbonyl (C=O) groups excluding carboxylic acids is 2. The molecule has 0 atom stereocenters. The molecule has 1 N–H and O–H groups in total. The first-order valence-corrected chi connectivity index (χ1v) is 9.08. The molecule has 1 aliphatic heterocycles. The number of benzene rings is 1. The number of rotatable bonds is 3. The molecule has 3 rings (SSSR count). The van der Waals surface area contributed by atoms with Crippen LogP contribution in [-0.4, -0.2) is 55.0 Å². The SMILES string of the molecule is COc1cc(NC(=O)N2CCCN(C(=O)C3CCC3)CC2)ccc1C. The Morgan fingerprint density at radius 1 is 1.08 bits per heavy atom. The number of ether oxygens (including phenoxy) is 1. The van der Waals surface area contributed by atoms with Crippen LogP contribution in [0.2, 0.25) is 0 Å². The number of hydrogen-bond donors (Lipinski definition) is 1. The van der Waals surface area contributed by atoms with E-state index in [4.69, 9.17) is 4.74 Å². The normalized spacial score (nSPS) is 18.3. The lowest BCUT2D eigenvalue weighted by atomic mass is 9.84. The minimum absolute atomic E-state index is 0.121. The Morgan fingerprint density at radius 2 is 1.80 bits per heavy atom. The topological polar surface area (TPSA) is 61.9 Å². The number of hydrogen-bond acceptors (Lipinski definition) is 3. The molecule has 6 heteroatoms. The molecule has 6 nitrogen and oxygen atoms in total. The number of nitrogens with zero attached hydrogens (tertiary/aromatic N) is 2. The largest absolute Gasteiger partial charge is 0.496 e. The summed E-state index contributed by atoms with van der Waals surface area (Å²) in [5.41, 5.74) is 1.75. The first-order chi connectivity index (χ1) is 12.1. The van der Waals surface area contributed by atoms with E-state index in [1.54, 1.807) is 12.0 Å². The minimum Gasteiger partial charge on any atom is -0.496 e. The molecular formula is C19H27N3O3. The third kappa shape index (κ3) is 4.06. The van der Waals surface area contributed by atoms with Crippen molar-refractivity contribution in [3.05, 3.63) is 23.8 Å². The van der Waals surface area contributed by atoms with Gasteiger partial charge in [-0.05, 0) is 37.8 Å². The maximum absolute atomic E-state index is 12.6. The average molecular weight is 345 g/mol. The van der Waals surface area contributed by atoms with Gasteiger partial charge in [-0.3, -0.25) is 4.79 Å². The molecule has 0 spiro atoms. The van der Waals surface area contributed by atoms with Crippen molar-refractivity contribution in [3.63, 3.8) is 0 Å². The molecule has 25 heavy (non-hydrogen) atoms. The van der Waals surface area contributed by atoms with Crippen LogP contribution in [0.5, 0.6) is 5.75 Å². The smallest absolute Gasteiger partial charge is 0.321 e. The van der Waals surface area contributed by atoms with Gasteiger partial charge in [0.15, 0.2) is 0 Å². The quantitative estimate of drug-likeness (QED) is 0.916. The third-order valence-corrected chi connectivity index (χ3v) is 5.21. The summed E-state index contributed by atoms with van der Waals surface area (Å²) in [5, 5.41) is 2.93. The maximum atomic E-state index is 12.6. The summed E-state index contributed by atoms with van der Waals surface area (Å²) in [7, 11) is 1.62. The van der Waals surface area contributed by atoms with E-state index in [2.05, 4.69) is 5.32 Å². The molecular weight excluding hydrogens is 318 g/mol. The van der Waals surface area contributed by atoms with Gasteiger partial charge in [0, 0.05) is 43.9 Å². The van der Waals surface area contributed by atoms with E-state index < -0.39 is 0 Å². The van der Waals surface area contributed by atoms with Crippen LogP contribution in [0.1, 0.15) is 31.2 Å².